The van der Waals surface area contributed by atoms with Crippen molar-refractivity contribution in [3.63, 3.8) is 0 Å². The summed E-state index contributed by atoms with van der Waals surface area (Å²) in [5.74, 6) is 1.45. The van der Waals surface area contributed by atoms with Gasteiger partial charge in [0.25, 0.3) is 0 Å². The van der Waals surface area contributed by atoms with Crippen molar-refractivity contribution in [2.75, 3.05) is 13.2 Å². The van der Waals surface area contributed by atoms with Crippen molar-refractivity contribution in [1.82, 2.24) is 14.9 Å². The van der Waals surface area contributed by atoms with Crippen molar-refractivity contribution in [3.05, 3.63) is 42.4 Å². The van der Waals surface area contributed by atoms with Crippen molar-refractivity contribution < 1.29 is 14.6 Å². The summed E-state index contributed by atoms with van der Waals surface area (Å²) in [6.45, 7) is -0.309. The van der Waals surface area contributed by atoms with E-state index in [9.17, 15) is 0 Å². The van der Waals surface area contributed by atoms with Gasteiger partial charge in [0.15, 0.2) is 0 Å². The Labute approximate surface area is 105 Å². The highest BCUT2D eigenvalue weighted by Crippen LogP contribution is 2.21. The van der Waals surface area contributed by atoms with E-state index in [1.54, 1.807) is 18.5 Å². The van der Waals surface area contributed by atoms with Crippen molar-refractivity contribution in [1.29, 1.82) is 0 Å². The quantitative estimate of drug-likeness (QED) is 0.675. The molecule has 0 spiro atoms. The van der Waals surface area contributed by atoms with Crippen molar-refractivity contribution in [2.24, 2.45) is 7.05 Å². The lowest BCUT2D eigenvalue weighted by atomic mass is 10.1. The monoisotopic (exact) mass is 251 g/mol. The van der Waals surface area contributed by atoms with Crippen molar-refractivity contribution in [3.8, 4) is 0 Å². The first-order valence-corrected chi connectivity index (χ1v) is 5.74. The van der Waals surface area contributed by atoms with E-state index in [0.717, 1.165) is 5.82 Å². The molecule has 0 saturated carbocycles. The predicted octanol–water partition coefficient (Wildman–Crippen LogP) is 0.0453. The van der Waals surface area contributed by atoms with Gasteiger partial charge < -0.3 is 19.2 Å². The fourth-order valence-electron chi connectivity index (χ4n) is 1.79. The molecular weight excluding hydrogens is 234 g/mol. The Kier molecular flexibility index (Phi) is 4.14. The summed E-state index contributed by atoms with van der Waals surface area (Å²) in [6, 6.07) is 2.90. The molecule has 0 radical (unpaired) electrons. The third-order valence-corrected chi connectivity index (χ3v) is 2.79. The van der Waals surface area contributed by atoms with Gasteiger partial charge in [-0.2, -0.15) is 0 Å². The number of aliphatic hydroxyl groups excluding tert-OH is 2. The molecule has 0 bridgehead atoms. The summed E-state index contributed by atoms with van der Waals surface area (Å²) >= 11 is 0. The number of aliphatic hydroxyl groups is 2. The lowest BCUT2D eigenvalue weighted by molar-refractivity contribution is 0.161. The highest BCUT2D eigenvalue weighted by Gasteiger charge is 2.23. The molecule has 0 aromatic carbocycles. The molecule has 98 valence electrons. The Morgan fingerprint density at radius 1 is 1.44 bits per heavy atom. The van der Waals surface area contributed by atoms with Gasteiger partial charge >= 0.3 is 0 Å². The molecule has 0 aliphatic carbocycles. The number of nitrogens with one attached hydrogen (secondary N) is 1. The van der Waals surface area contributed by atoms with Gasteiger partial charge in [0.1, 0.15) is 17.6 Å². The predicted molar refractivity (Wildman–Crippen MR) is 64.9 cm³/mol. The Bertz CT molecular complexity index is 463. The standard InChI is InChI=1S/C12H17N3O3/c1-15-5-4-13-12(15)11(10-3-2-6-18-10)14-9(7-16)8-17/h2-6,9,11,14,16-17H,7-8H2,1H3. The van der Waals surface area contributed by atoms with Gasteiger partial charge in [0, 0.05) is 19.4 Å². The van der Waals surface area contributed by atoms with Gasteiger partial charge in [-0.15, -0.1) is 0 Å². The largest absolute Gasteiger partial charge is 0.467 e. The minimum Gasteiger partial charge on any atom is -0.467 e. The minimum absolute atomic E-state index is 0.155. The Morgan fingerprint density at radius 3 is 2.72 bits per heavy atom. The SMILES string of the molecule is Cn1ccnc1C(NC(CO)CO)c1ccco1. The Hall–Kier alpha value is -1.63. The molecule has 2 rings (SSSR count). The van der Waals surface area contributed by atoms with E-state index in [2.05, 4.69) is 10.3 Å². The minimum atomic E-state index is -0.420. The average molecular weight is 251 g/mol. The summed E-state index contributed by atoms with van der Waals surface area (Å²) in [5, 5.41) is 21.4. The molecule has 0 saturated heterocycles. The molecule has 0 aliphatic rings. The lowest BCUT2D eigenvalue weighted by Crippen LogP contribution is -2.39. The van der Waals surface area contributed by atoms with Crippen LogP contribution < -0.4 is 5.32 Å². The summed E-state index contributed by atoms with van der Waals surface area (Å²) in [4.78, 5) is 4.27. The number of hydrogen-bond donors (Lipinski definition) is 3. The molecule has 0 aliphatic heterocycles. The summed E-state index contributed by atoms with van der Waals surface area (Å²) in [7, 11) is 1.88. The maximum absolute atomic E-state index is 9.16. The van der Waals surface area contributed by atoms with Gasteiger partial charge in [0.2, 0.25) is 0 Å². The Balaban J connectivity index is 2.27. The molecule has 2 aromatic heterocycles. The Morgan fingerprint density at radius 2 is 2.22 bits per heavy atom. The number of imidazole rings is 1. The molecule has 3 N–H and O–H groups in total. The number of nitrogens with zero attached hydrogens (tertiary/aromatic N) is 2. The number of furan rings is 1. The van der Waals surface area contributed by atoms with Gasteiger partial charge in [-0.25, -0.2) is 4.98 Å². The van der Waals surface area contributed by atoms with E-state index in [-0.39, 0.29) is 19.3 Å². The van der Waals surface area contributed by atoms with Crippen LogP contribution in [-0.4, -0.2) is 39.0 Å². The molecule has 2 aromatic rings. The van der Waals surface area contributed by atoms with E-state index in [1.807, 2.05) is 23.9 Å². The fourth-order valence-corrected chi connectivity index (χ4v) is 1.79. The third-order valence-electron chi connectivity index (χ3n) is 2.79. The van der Waals surface area contributed by atoms with E-state index in [4.69, 9.17) is 14.6 Å². The lowest BCUT2D eigenvalue weighted by Gasteiger charge is -2.21. The first-order valence-electron chi connectivity index (χ1n) is 5.74. The second kappa shape index (κ2) is 5.81. The van der Waals surface area contributed by atoms with E-state index < -0.39 is 6.04 Å². The maximum atomic E-state index is 9.16. The molecule has 6 heteroatoms. The van der Waals surface area contributed by atoms with Crippen LogP contribution in [0.15, 0.2) is 35.2 Å². The zero-order chi connectivity index (χ0) is 13.0. The molecule has 1 unspecified atom stereocenters. The molecule has 2 heterocycles. The smallest absolute Gasteiger partial charge is 0.133 e. The van der Waals surface area contributed by atoms with Crippen LogP contribution in [0.25, 0.3) is 0 Å². The van der Waals surface area contributed by atoms with Crippen LogP contribution in [0.3, 0.4) is 0 Å². The third kappa shape index (κ3) is 2.61. The summed E-state index contributed by atoms with van der Waals surface area (Å²) in [5.41, 5.74) is 0. The first-order chi connectivity index (χ1) is 8.76. The fraction of sp³-hybridized carbons (Fsp3) is 0.417. The van der Waals surface area contributed by atoms with Crippen LogP contribution in [0, 0.1) is 0 Å². The van der Waals surface area contributed by atoms with E-state index in [0.29, 0.717) is 5.76 Å². The molecule has 1 atom stereocenters. The van der Waals surface area contributed by atoms with Crippen LogP contribution >= 0.6 is 0 Å². The molecular formula is C12H17N3O3. The van der Waals surface area contributed by atoms with Crippen LogP contribution in [-0.2, 0) is 7.05 Å². The van der Waals surface area contributed by atoms with Gasteiger partial charge in [0.05, 0.1) is 25.5 Å². The second-order valence-electron chi connectivity index (χ2n) is 4.07. The molecule has 0 amide bonds. The summed E-state index contributed by atoms with van der Waals surface area (Å²) in [6.07, 6.45) is 5.11. The molecule has 0 fully saturated rings. The highest BCUT2D eigenvalue weighted by atomic mass is 16.3. The topological polar surface area (TPSA) is 83.5 Å². The summed E-state index contributed by atoms with van der Waals surface area (Å²) < 4.78 is 7.25. The normalized spacial score (nSPS) is 13.1. The molecule has 6 nitrogen and oxygen atoms in total. The van der Waals surface area contributed by atoms with Gasteiger partial charge in [-0.3, -0.25) is 5.32 Å². The second-order valence-corrected chi connectivity index (χ2v) is 4.07. The van der Waals surface area contributed by atoms with Gasteiger partial charge in [-0.1, -0.05) is 0 Å². The van der Waals surface area contributed by atoms with E-state index >= 15 is 0 Å². The number of aryl methyl sites for hydroxylation is 1. The molecule has 18 heavy (non-hydrogen) atoms. The zero-order valence-corrected chi connectivity index (χ0v) is 10.2. The van der Waals surface area contributed by atoms with E-state index in [1.165, 1.54) is 0 Å². The van der Waals surface area contributed by atoms with Crippen LogP contribution in [0.2, 0.25) is 0 Å². The van der Waals surface area contributed by atoms with Crippen molar-refractivity contribution >= 4 is 0 Å². The highest BCUT2D eigenvalue weighted by molar-refractivity contribution is 5.16. The number of aromatic nitrogens is 2. The maximum Gasteiger partial charge on any atom is 0.133 e. The zero-order valence-electron chi connectivity index (χ0n) is 10.2. The average Bonchev–Trinajstić information content (AvgIpc) is 3.03. The van der Waals surface area contributed by atoms with Crippen LogP contribution in [0.5, 0.6) is 0 Å². The van der Waals surface area contributed by atoms with Crippen LogP contribution in [0.1, 0.15) is 17.6 Å². The van der Waals surface area contributed by atoms with Crippen LogP contribution in [0.4, 0.5) is 0 Å². The number of rotatable bonds is 6. The number of hydrogen-bond acceptors (Lipinski definition) is 5. The van der Waals surface area contributed by atoms with Crippen molar-refractivity contribution in [2.45, 2.75) is 12.1 Å². The first kappa shape index (κ1) is 12.8. The van der Waals surface area contributed by atoms with Gasteiger partial charge in [-0.05, 0) is 12.1 Å².